The van der Waals surface area contributed by atoms with Gasteiger partial charge in [0, 0.05) is 0 Å². The van der Waals surface area contributed by atoms with Crippen LogP contribution in [0.15, 0.2) is 24.8 Å². The van der Waals surface area contributed by atoms with E-state index in [-0.39, 0.29) is 5.57 Å². The van der Waals surface area contributed by atoms with Crippen molar-refractivity contribution in [1.82, 2.24) is 0 Å². The van der Waals surface area contributed by atoms with Gasteiger partial charge in [-0.15, -0.1) is 0 Å². The van der Waals surface area contributed by atoms with E-state index in [1.54, 1.807) is 18.2 Å². The summed E-state index contributed by atoms with van der Waals surface area (Å²) in [5.41, 5.74) is 0.524. The van der Waals surface area contributed by atoms with Crippen LogP contribution in [-0.2, 0) is 4.79 Å². The molecule has 0 spiro atoms. The number of rotatable bonds is 4. The smallest absolute Gasteiger partial charge is 0.335 e. The summed E-state index contributed by atoms with van der Waals surface area (Å²) in [7, 11) is 3.01. The van der Waals surface area contributed by atoms with Crippen molar-refractivity contribution in [2.24, 2.45) is 0 Å². The Bertz CT molecular complexity index is 396. The van der Waals surface area contributed by atoms with Gasteiger partial charge in [-0.05, 0) is 17.7 Å². The molecule has 0 unspecified atom stereocenters. The summed E-state index contributed by atoms with van der Waals surface area (Å²) in [6.07, 6.45) is 0. The van der Waals surface area contributed by atoms with Crippen molar-refractivity contribution in [1.29, 1.82) is 0 Å². The largest absolute Gasteiger partial charge is 0.493 e. The molecule has 1 aromatic carbocycles. The minimum Gasteiger partial charge on any atom is -0.493 e. The van der Waals surface area contributed by atoms with Gasteiger partial charge in [-0.1, -0.05) is 12.6 Å². The molecular formula is C11H12O4. The lowest BCUT2D eigenvalue weighted by Crippen LogP contribution is -1.99. The Balaban J connectivity index is 3.13. The molecule has 0 fully saturated rings. The fraction of sp³-hybridized carbons (Fsp3) is 0.182. The SMILES string of the molecule is C=C(C(=O)O)c1ccc(OC)c(OC)c1. The molecule has 4 nitrogen and oxygen atoms in total. The lowest BCUT2D eigenvalue weighted by atomic mass is 10.1. The van der Waals surface area contributed by atoms with Crippen LogP contribution in [0.4, 0.5) is 0 Å². The van der Waals surface area contributed by atoms with Crippen molar-refractivity contribution in [2.75, 3.05) is 14.2 Å². The van der Waals surface area contributed by atoms with Crippen LogP contribution in [-0.4, -0.2) is 25.3 Å². The van der Waals surface area contributed by atoms with Gasteiger partial charge in [0.1, 0.15) is 0 Å². The molecule has 1 N–H and O–H groups in total. The van der Waals surface area contributed by atoms with Crippen LogP contribution < -0.4 is 9.47 Å². The number of methoxy groups -OCH3 is 2. The molecule has 80 valence electrons. The first kappa shape index (κ1) is 11.1. The molecule has 0 atom stereocenters. The maximum atomic E-state index is 10.7. The highest BCUT2D eigenvalue weighted by molar-refractivity contribution is 6.14. The van der Waals surface area contributed by atoms with Crippen LogP contribution in [0.2, 0.25) is 0 Å². The first-order valence-corrected chi connectivity index (χ1v) is 4.24. The maximum Gasteiger partial charge on any atom is 0.335 e. The monoisotopic (exact) mass is 208 g/mol. The number of hydrogen-bond acceptors (Lipinski definition) is 3. The Kier molecular flexibility index (Phi) is 3.33. The van der Waals surface area contributed by atoms with Gasteiger partial charge in [-0.25, -0.2) is 4.79 Å². The number of carboxylic acids is 1. The molecular weight excluding hydrogens is 196 g/mol. The highest BCUT2D eigenvalue weighted by atomic mass is 16.5. The van der Waals surface area contributed by atoms with Gasteiger partial charge in [0.25, 0.3) is 0 Å². The van der Waals surface area contributed by atoms with Gasteiger partial charge < -0.3 is 14.6 Å². The second-order valence-electron chi connectivity index (χ2n) is 2.85. The summed E-state index contributed by atoms with van der Waals surface area (Å²) < 4.78 is 10.1. The van der Waals surface area contributed by atoms with Crippen LogP contribution in [0, 0.1) is 0 Å². The molecule has 1 aromatic rings. The Morgan fingerprint density at radius 3 is 2.33 bits per heavy atom. The molecule has 0 aliphatic carbocycles. The van der Waals surface area contributed by atoms with Crippen molar-refractivity contribution in [2.45, 2.75) is 0 Å². The Labute approximate surface area is 87.7 Å². The second-order valence-corrected chi connectivity index (χ2v) is 2.85. The number of carboxylic acid groups (broad SMARTS) is 1. The summed E-state index contributed by atoms with van der Waals surface area (Å²) in [6, 6.07) is 4.84. The highest BCUT2D eigenvalue weighted by Gasteiger charge is 2.10. The summed E-state index contributed by atoms with van der Waals surface area (Å²) in [6.45, 7) is 3.46. The van der Waals surface area contributed by atoms with E-state index in [1.165, 1.54) is 14.2 Å². The Morgan fingerprint density at radius 1 is 1.27 bits per heavy atom. The minimum atomic E-state index is -1.05. The topological polar surface area (TPSA) is 55.8 Å². The van der Waals surface area contributed by atoms with Crippen molar-refractivity contribution in [3.05, 3.63) is 30.3 Å². The predicted molar refractivity (Wildman–Crippen MR) is 56.2 cm³/mol. The molecule has 1 rings (SSSR count). The van der Waals surface area contributed by atoms with Gasteiger partial charge in [0.2, 0.25) is 0 Å². The van der Waals surface area contributed by atoms with Crippen LogP contribution >= 0.6 is 0 Å². The zero-order chi connectivity index (χ0) is 11.4. The quantitative estimate of drug-likeness (QED) is 0.766. The first-order valence-electron chi connectivity index (χ1n) is 4.24. The van der Waals surface area contributed by atoms with Gasteiger partial charge in [-0.3, -0.25) is 0 Å². The molecule has 0 saturated carbocycles. The molecule has 0 heterocycles. The molecule has 4 heteroatoms. The van der Waals surface area contributed by atoms with E-state index < -0.39 is 5.97 Å². The normalized spacial score (nSPS) is 9.47. The average Bonchev–Trinajstić information content (AvgIpc) is 2.26. The van der Waals surface area contributed by atoms with Crippen molar-refractivity contribution in [3.8, 4) is 11.5 Å². The highest BCUT2D eigenvalue weighted by Crippen LogP contribution is 2.29. The van der Waals surface area contributed by atoms with Gasteiger partial charge in [0.15, 0.2) is 11.5 Å². The first-order chi connectivity index (χ1) is 7.10. The molecule has 0 radical (unpaired) electrons. The lowest BCUT2D eigenvalue weighted by Gasteiger charge is -2.09. The predicted octanol–water partition coefficient (Wildman–Crippen LogP) is 1.80. The molecule has 0 amide bonds. The maximum absolute atomic E-state index is 10.7. The van der Waals surface area contributed by atoms with Crippen molar-refractivity contribution >= 4 is 11.5 Å². The summed E-state index contributed by atoms with van der Waals surface area (Å²) in [5.74, 6) is -0.0148. The second kappa shape index (κ2) is 4.50. The average molecular weight is 208 g/mol. The van der Waals surface area contributed by atoms with E-state index in [2.05, 4.69) is 6.58 Å². The van der Waals surface area contributed by atoms with Gasteiger partial charge in [-0.2, -0.15) is 0 Å². The molecule has 0 aliphatic heterocycles. The molecule has 0 aromatic heterocycles. The number of benzene rings is 1. The molecule has 15 heavy (non-hydrogen) atoms. The van der Waals surface area contributed by atoms with Crippen LogP contribution in [0.3, 0.4) is 0 Å². The molecule has 0 bridgehead atoms. The fourth-order valence-corrected chi connectivity index (χ4v) is 1.15. The van der Waals surface area contributed by atoms with Crippen molar-refractivity contribution in [3.63, 3.8) is 0 Å². The third-order valence-corrected chi connectivity index (χ3v) is 1.99. The van der Waals surface area contributed by atoms with E-state index in [9.17, 15) is 4.79 Å². The third kappa shape index (κ3) is 2.28. The van der Waals surface area contributed by atoms with E-state index in [0.29, 0.717) is 17.1 Å². The van der Waals surface area contributed by atoms with E-state index >= 15 is 0 Å². The Morgan fingerprint density at radius 2 is 1.87 bits per heavy atom. The van der Waals surface area contributed by atoms with E-state index in [4.69, 9.17) is 14.6 Å². The van der Waals surface area contributed by atoms with Crippen LogP contribution in [0.5, 0.6) is 11.5 Å². The molecule has 0 saturated heterocycles. The summed E-state index contributed by atoms with van der Waals surface area (Å²) in [5, 5.41) is 8.75. The van der Waals surface area contributed by atoms with E-state index in [0.717, 1.165) is 0 Å². The van der Waals surface area contributed by atoms with Crippen molar-refractivity contribution < 1.29 is 19.4 Å². The summed E-state index contributed by atoms with van der Waals surface area (Å²) >= 11 is 0. The standard InChI is InChI=1S/C11H12O4/c1-7(11(12)13)8-4-5-9(14-2)10(6-8)15-3/h4-6H,1H2,2-3H3,(H,12,13). The zero-order valence-electron chi connectivity index (χ0n) is 8.61. The van der Waals surface area contributed by atoms with E-state index in [1.807, 2.05) is 0 Å². The number of hydrogen-bond donors (Lipinski definition) is 1. The van der Waals surface area contributed by atoms with Crippen LogP contribution in [0.1, 0.15) is 5.56 Å². The minimum absolute atomic E-state index is 0.0240. The number of carbonyl (C=O) groups is 1. The van der Waals surface area contributed by atoms with Gasteiger partial charge >= 0.3 is 5.97 Å². The molecule has 0 aliphatic rings. The fourth-order valence-electron chi connectivity index (χ4n) is 1.15. The number of ether oxygens (including phenoxy) is 2. The third-order valence-electron chi connectivity index (χ3n) is 1.99. The van der Waals surface area contributed by atoms with Gasteiger partial charge in [0.05, 0.1) is 19.8 Å². The Hall–Kier alpha value is -1.97. The summed E-state index contributed by atoms with van der Waals surface area (Å²) in [4.78, 5) is 10.7. The lowest BCUT2D eigenvalue weighted by molar-refractivity contribution is -0.130. The zero-order valence-corrected chi connectivity index (χ0v) is 8.61. The number of aliphatic carboxylic acids is 1. The van der Waals surface area contributed by atoms with Crippen LogP contribution in [0.25, 0.3) is 5.57 Å².